The number of guanidine groups is 1. The molecule has 4 N–H and O–H groups in total. The third-order valence-electron chi connectivity index (χ3n) is 3.72. The molecule has 0 atom stereocenters. The fraction of sp³-hybridized carbons (Fsp3) is 0.150. The molecule has 6 nitrogen and oxygen atoms in total. The van der Waals surface area contributed by atoms with Gasteiger partial charge in [0.15, 0.2) is 0 Å². The van der Waals surface area contributed by atoms with Gasteiger partial charge in [-0.3, -0.25) is 0 Å². The summed E-state index contributed by atoms with van der Waals surface area (Å²) in [5, 5.41) is 6.90. The lowest BCUT2D eigenvalue weighted by Crippen LogP contribution is -2.22. The van der Waals surface area contributed by atoms with Gasteiger partial charge in [-0.2, -0.15) is 9.98 Å². The molecule has 1 heterocycles. The molecule has 3 rings (SSSR count). The molecule has 0 bridgehead atoms. The molecule has 7 heteroatoms. The maximum Gasteiger partial charge on any atom is 0.254 e. The lowest BCUT2D eigenvalue weighted by atomic mass is 10.1. The van der Waals surface area contributed by atoms with Crippen LogP contribution in [0.2, 0.25) is 5.02 Å². The molecule has 0 amide bonds. The highest BCUT2D eigenvalue weighted by Gasteiger charge is 2.03. The summed E-state index contributed by atoms with van der Waals surface area (Å²) < 4.78 is 0. The molecular weight excluding hydrogens is 360 g/mol. The number of hydrogen-bond acceptors (Lipinski definition) is 4. The van der Waals surface area contributed by atoms with E-state index in [1.807, 2.05) is 43.3 Å². The summed E-state index contributed by atoms with van der Waals surface area (Å²) in [5.41, 5.74) is 8.78. The van der Waals surface area contributed by atoms with Crippen molar-refractivity contribution in [1.82, 2.24) is 9.97 Å². The van der Waals surface area contributed by atoms with Gasteiger partial charge in [-0.15, -0.1) is 0 Å². The normalized spacial score (nSPS) is 11.3. The standard InChI is InChI=1S/C20H21ClN6/c1-14-12-18(23-11-10-15-6-3-2-4-7-15)26-20(24-14)27-19(22)25-17-9-5-8-16(21)13-17/h2-9,12-13H,10-11H2,1H3,(H4,22,23,24,25,26,27). The molecule has 0 unspecified atom stereocenters. The van der Waals surface area contributed by atoms with E-state index in [-0.39, 0.29) is 5.96 Å². The first-order valence-electron chi connectivity index (χ1n) is 8.59. The third-order valence-corrected chi connectivity index (χ3v) is 3.96. The van der Waals surface area contributed by atoms with E-state index in [1.54, 1.807) is 12.1 Å². The maximum absolute atomic E-state index is 5.97. The average molecular weight is 381 g/mol. The van der Waals surface area contributed by atoms with Crippen LogP contribution < -0.4 is 16.4 Å². The van der Waals surface area contributed by atoms with Gasteiger partial charge in [0.2, 0.25) is 5.96 Å². The van der Waals surface area contributed by atoms with E-state index in [1.165, 1.54) is 5.56 Å². The molecule has 1 aromatic heterocycles. The second-order valence-electron chi connectivity index (χ2n) is 5.99. The fourth-order valence-corrected chi connectivity index (χ4v) is 2.71. The number of aryl methyl sites for hydroxylation is 1. The Kier molecular flexibility index (Phi) is 6.22. The van der Waals surface area contributed by atoms with Crippen LogP contribution in [0.15, 0.2) is 65.7 Å². The smallest absolute Gasteiger partial charge is 0.254 e. The zero-order valence-corrected chi connectivity index (χ0v) is 15.7. The highest BCUT2D eigenvalue weighted by molar-refractivity contribution is 6.30. The Balaban J connectivity index is 1.65. The molecule has 0 aliphatic carbocycles. The van der Waals surface area contributed by atoms with Gasteiger partial charge in [-0.25, -0.2) is 4.98 Å². The Morgan fingerprint density at radius 1 is 1.07 bits per heavy atom. The number of nitrogens with zero attached hydrogens (tertiary/aromatic N) is 3. The largest absolute Gasteiger partial charge is 0.370 e. The SMILES string of the molecule is Cc1cc(NCCc2ccccc2)nc(N=C(N)Nc2cccc(Cl)c2)n1. The van der Waals surface area contributed by atoms with E-state index in [9.17, 15) is 0 Å². The highest BCUT2D eigenvalue weighted by Crippen LogP contribution is 2.16. The molecule has 2 aromatic carbocycles. The van der Waals surface area contributed by atoms with Crippen molar-refractivity contribution >= 4 is 35.0 Å². The minimum Gasteiger partial charge on any atom is -0.370 e. The Morgan fingerprint density at radius 2 is 1.89 bits per heavy atom. The van der Waals surface area contributed by atoms with Gasteiger partial charge in [-0.1, -0.05) is 48.0 Å². The van der Waals surface area contributed by atoms with Crippen molar-refractivity contribution in [1.29, 1.82) is 0 Å². The van der Waals surface area contributed by atoms with Crippen LogP contribution in [-0.4, -0.2) is 22.5 Å². The summed E-state index contributed by atoms with van der Waals surface area (Å²) in [6.45, 7) is 2.66. The molecule has 3 aromatic rings. The van der Waals surface area contributed by atoms with E-state index in [2.05, 4.69) is 37.7 Å². The van der Waals surface area contributed by atoms with Crippen molar-refractivity contribution in [2.45, 2.75) is 13.3 Å². The molecule has 0 aliphatic rings. The minimum atomic E-state index is 0.193. The van der Waals surface area contributed by atoms with E-state index in [4.69, 9.17) is 17.3 Å². The number of aromatic nitrogens is 2. The third kappa shape index (κ3) is 5.97. The number of halogens is 1. The summed E-state index contributed by atoms with van der Waals surface area (Å²) in [6, 6.07) is 19.4. The van der Waals surface area contributed by atoms with Crippen molar-refractivity contribution in [2.75, 3.05) is 17.2 Å². The Hall–Kier alpha value is -3.12. The maximum atomic E-state index is 5.97. The van der Waals surface area contributed by atoms with Crippen LogP contribution in [0.3, 0.4) is 0 Å². The molecular formula is C20H21ClN6. The van der Waals surface area contributed by atoms with Crippen molar-refractivity contribution in [2.24, 2.45) is 10.7 Å². The molecule has 0 saturated heterocycles. The van der Waals surface area contributed by atoms with Crippen molar-refractivity contribution in [3.8, 4) is 0 Å². The monoisotopic (exact) mass is 380 g/mol. The first-order valence-corrected chi connectivity index (χ1v) is 8.96. The highest BCUT2D eigenvalue weighted by atomic mass is 35.5. The number of anilines is 2. The van der Waals surface area contributed by atoms with E-state index in [0.29, 0.717) is 16.8 Å². The minimum absolute atomic E-state index is 0.193. The van der Waals surface area contributed by atoms with Crippen LogP contribution in [0, 0.1) is 6.92 Å². The Labute approximate surface area is 163 Å². The lowest BCUT2D eigenvalue weighted by molar-refractivity contribution is 0.990. The van der Waals surface area contributed by atoms with Gasteiger partial charge in [0.05, 0.1) is 0 Å². The van der Waals surface area contributed by atoms with Gasteiger partial charge in [0, 0.05) is 29.0 Å². The molecule has 27 heavy (non-hydrogen) atoms. The molecule has 0 saturated carbocycles. The quantitative estimate of drug-likeness (QED) is 0.441. The van der Waals surface area contributed by atoms with E-state index < -0.39 is 0 Å². The molecule has 0 radical (unpaired) electrons. The molecule has 0 aliphatic heterocycles. The number of nitrogens with one attached hydrogen (secondary N) is 2. The van der Waals surface area contributed by atoms with Crippen molar-refractivity contribution in [3.05, 3.63) is 76.9 Å². The number of nitrogens with two attached hydrogens (primary N) is 1. The molecule has 0 spiro atoms. The molecule has 138 valence electrons. The molecule has 0 fully saturated rings. The fourth-order valence-electron chi connectivity index (χ4n) is 2.52. The summed E-state index contributed by atoms with van der Waals surface area (Å²) in [7, 11) is 0. The van der Waals surface area contributed by atoms with Crippen molar-refractivity contribution in [3.63, 3.8) is 0 Å². The van der Waals surface area contributed by atoms with Gasteiger partial charge >= 0.3 is 0 Å². The second-order valence-corrected chi connectivity index (χ2v) is 6.43. The first kappa shape index (κ1) is 18.7. The predicted molar refractivity (Wildman–Crippen MR) is 112 cm³/mol. The topological polar surface area (TPSA) is 88.2 Å². The van der Waals surface area contributed by atoms with Crippen LogP contribution in [0.5, 0.6) is 0 Å². The first-order chi connectivity index (χ1) is 13.1. The lowest BCUT2D eigenvalue weighted by Gasteiger charge is -2.08. The number of hydrogen-bond donors (Lipinski definition) is 3. The summed E-state index contributed by atoms with van der Waals surface area (Å²) >= 11 is 5.97. The average Bonchev–Trinajstić information content (AvgIpc) is 2.62. The predicted octanol–water partition coefficient (Wildman–Crippen LogP) is 4.15. The van der Waals surface area contributed by atoms with Crippen LogP contribution in [0.4, 0.5) is 17.5 Å². The van der Waals surface area contributed by atoms with Crippen molar-refractivity contribution < 1.29 is 0 Å². The van der Waals surface area contributed by atoms with Crippen LogP contribution in [0.1, 0.15) is 11.3 Å². The second kappa shape index (κ2) is 9.00. The van der Waals surface area contributed by atoms with E-state index >= 15 is 0 Å². The Bertz CT molecular complexity index is 927. The zero-order chi connectivity index (χ0) is 19.1. The summed E-state index contributed by atoms with van der Waals surface area (Å²) in [6.07, 6.45) is 0.904. The zero-order valence-electron chi connectivity index (χ0n) is 15.0. The number of rotatable bonds is 6. The summed E-state index contributed by atoms with van der Waals surface area (Å²) in [5.74, 6) is 1.20. The van der Waals surface area contributed by atoms with Gasteiger partial charge in [0.25, 0.3) is 5.95 Å². The van der Waals surface area contributed by atoms with Crippen LogP contribution in [-0.2, 0) is 6.42 Å². The Morgan fingerprint density at radius 3 is 2.67 bits per heavy atom. The number of aliphatic imine (C=N–C) groups is 1. The van der Waals surface area contributed by atoms with Crippen LogP contribution in [0.25, 0.3) is 0 Å². The van der Waals surface area contributed by atoms with Gasteiger partial charge in [0.1, 0.15) is 5.82 Å². The van der Waals surface area contributed by atoms with Crippen LogP contribution >= 0.6 is 11.6 Å². The number of benzene rings is 2. The van der Waals surface area contributed by atoms with E-state index in [0.717, 1.165) is 24.3 Å². The van der Waals surface area contributed by atoms with Gasteiger partial charge < -0.3 is 16.4 Å². The van der Waals surface area contributed by atoms with Gasteiger partial charge in [-0.05, 0) is 37.1 Å². The summed E-state index contributed by atoms with van der Waals surface area (Å²) in [4.78, 5) is 13.0.